The van der Waals surface area contributed by atoms with Crippen molar-refractivity contribution in [3.8, 4) is 0 Å². The van der Waals surface area contributed by atoms with Gasteiger partial charge in [-0.3, -0.25) is 0 Å². The van der Waals surface area contributed by atoms with Crippen molar-refractivity contribution in [1.82, 2.24) is 4.72 Å². The van der Waals surface area contributed by atoms with Crippen molar-refractivity contribution in [2.75, 3.05) is 33.5 Å². The summed E-state index contributed by atoms with van der Waals surface area (Å²) in [6, 6.07) is 2.32. The van der Waals surface area contributed by atoms with Crippen molar-refractivity contribution >= 4 is 10.0 Å². The number of hydrogen-bond acceptors (Lipinski definition) is 4. The van der Waals surface area contributed by atoms with E-state index in [9.17, 15) is 17.2 Å². The van der Waals surface area contributed by atoms with Gasteiger partial charge >= 0.3 is 0 Å². The first-order chi connectivity index (χ1) is 9.47. The fourth-order valence-electron chi connectivity index (χ4n) is 1.40. The SMILES string of the molecule is COCCOCCCNS(=O)(=O)c1ccc(F)cc1F. The zero-order chi connectivity index (χ0) is 15.0. The van der Waals surface area contributed by atoms with E-state index in [0.29, 0.717) is 32.3 Å². The van der Waals surface area contributed by atoms with Crippen molar-refractivity contribution in [3.05, 3.63) is 29.8 Å². The summed E-state index contributed by atoms with van der Waals surface area (Å²) in [4.78, 5) is -0.570. The van der Waals surface area contributed by atoms with Gasteiger partial charge in [-0.05, 0) is 18.6 Å². The van der Waals surface area contributed by atoms with Crippen LogP contribution in [0.25, 0.3) is 0 Å². The van der Waals surface area contributed by atoms with Crippen molar-refractivity contribution in [2.45, 2.75) is 11.3 Å². The fraction of sp³-hybridized carbons (Fsp3) is 0.500. The number of ether oxygens (including phenoxy) is 2. The van der Waals surface area contributed by atoms with Gasteiger partial charge in [0.05, 0.1) is 13.2 Å². The van der Waals surface area contributed by atoms with E-state index in [1.807, 2.05) is 0 Å². The maximum atomic E-state index is 13.4. The third-order valence-corrected chi connectivity index (χ3v) is 3.87. The molecule has 0 saturated heterocycles. The lowest BCUT2D eigenvalue weighted by molar-refractivity contribution is 0.0699. The van der Waals surface area contributed by atoms with Gasteiger partial charge in [0, 0.05) is 26.3 Å². The molecule has 0 atom stereocenters. The molecule has 8 heteroatoms. The molecule has 1 rings (SSSR count). The second kappa shape index (κ2) is 8.25. The van der Waals surface area contributed by atoms with Gasteiger partial charge in [-0.25, -0.2) is 21.9 Å². The first kappa shape index (κ1) is 17.0. The lowest BCUT2D eigenvalue weighted by Gasteiger charge is -2.08. The highest BCUT2D eigenvalue weighted by Gasteiger charge is 2.18. The molecule has 114 valence electrons. The van der Waals surface area contributed by atoms with Crippen LogP contribution in [0.1, 0.15) is 6.42 Å². The van der Waals surface area contributed by atoms with E-state index < -0.39 is 26.6 Å². The molecule has 0 aliphatic rings. The van der Waals surface area contributed by atoms with Crippen LogP contribution in [0, 0.1) is 11.6 Å². The highest BCUT2D eigenvalue weighted by Crippen LogP contribution is 2.15. The summed E-state index contributed by atoms with van der Waals surface area (Å²) in [6.07, 6.45) is 0.436. The van der Waals surface area contributed by atoms with Crippen LogP contribution in [-0.4, -0.2) is 41.9 Å². The molecule has 1 aromatic rings. The number of sulfonamides is 1. The minimum atomic E-state index is -3.98. The van der Waals surface area contributed by atoms with Gasteiger partial charge in [0.25, 0.3) is 0 Å². The normalized spacial score (nSPS) is 11.8. The molecule has 0 heterocycles. The molecule has 0 spiro atoms. The van der Waals surface area contributed by atoms with Crippen LogP contribution < -0.4 is 4.72 Å². The van der Waals surface area contributed by atoms with Gasteiger partial charge in [-0.15, -0.1) is 0 Å². The van der Waals surface area contributed by atoms with Gasteiger partial charge < -0.3 is 9.47 Å². The molecule has 1 N–H and O–H groups in total. The molecule has 0 fully saturated rings. The van der Waals surface area contributed by atoms with Gasteiger partial charge in [0.1, 0.15) is 16.5 Å². The van der Waals surface area contributed by atoms with Crippen LogP contribution in [0.5, 0.6) is 0 Å². The van der Waals surface area contributed by atoms with Gasteiger partial charge in [0.2, 0.25) is 10.0 Å². The topological polar surface area (TPSA) is 64.6 Å². The molecule has 0 radical (unpaired) electrons. The number of halogens is 2. The Morgan fingerprint density at radius 2 is 1.95 bits per heavy atom. The van der Waals surface area contributed by atoms with Crippen LogP contribution >= 0.6 is 0 Å². The van der Waals surface area contributed by atoms with Crippen LogP contribution in [0.3, 0.4) is 0 Å². The smallest absolute Gasteiger partial charge is 0.243 e. The first-order valence-electron chi connectivity index (χ1n) is 5.99. The summed E-state index contributed by atoms with van der Waals surface area (Å²) >= 11 is 0. The Labute approximate surface area is 116 Å². The number of benzene rings is 1. The zero-order valence-electron chi connectivity index (χ0n) is 11.1. The van der Waals surface area contributed by atoms with Crippen LogP contribution in [0.4, 0.5) is 8.78 Å². The number of methoxy groups -OCH3 is 1. The average Bonchev–Trinajstić information content (AvgIpc) is 2.37. The molecule has 0 aromatic heterocycles. The number of nitrogens with one attached hydrogen (secondary N) is 1. The molecule has 0 bridgehead atoms. The van der Waals surface area contributed by atoms with Crippen LogP contribution in [0.15, 0.2) is 23.1 Å². The quantitative estimate of drug-likeness (QED) is 0.698. The van der Waals surface area contributed by atoms with Crippen molar-refractivity contribution < 1.29 is 26.7 Å². The molecular weight excluding hydrogens is 292 g/mol. The average molecular weight is 309 g/mol. The standard InChI is InChI=1S/C12H17F2NO4S/c1-18-7-8-19-6-2-5-15-20(16,17)12-4-3-10(13)9-11(12)14/h3-4,9,15H,2,5-8H2,1H3. The summed E-state index contributed by atoms with van der Waals surface area (Å²) in [5.41, 5.74) is 0. The molecule has 5 nitrogen and oxygen atoms in total. The number of rotatable bonds is 9. The minimum Gasteiger partial charge on any atom is -0.382 e. The molecule has 0 unspecified atom stereocenters. The summed E-state index contributed by atoms with van der Waals surface area (Å²) in [7, 11) is -2.43. The van der Waals surface area contributed by atoms with Crippen molar-refractivity contribution in [3.63, 3.8) is 0 Å². The van der Waals surface area contributed by atoms with Crippen LogP contribution in [-0.2, 0) is 19.5 Å². The van der Waals surface area contributed by atoms with Gasteiger partial charge in [-0.2, -0.15) is 0 Å². The van der Waals surface area contributed by atoms with Gasteiger partial charge in [-0.1, -0.05) is 0 Å². The molecule has 20 heavy (non-hydrogen) atoms. The Balaban J connectivity index is 2.42. The molecule has 0 aliphatic heterocycles. The van der Waals surface area contributed by atoms with Crippen molar-refractivity contribution in [1.29, 1.82) is 0 Å². The van der Waals surface area contributed by atoms with E-state index in [-0.39, 0.29) is 6.54 Å². The van der Waals surface area contributed by atoms with Gasteiger partial charge in [0.15, 0.2) is 0 Å². The molecule has 1 aromatic carbocycles. The Hall–Kier alpha value is -1.09. The third kappa shape index (κ3) is 5.49. The maximum Gasteiger partial charge on any atom is 0.243 e. The molecule has 0 aliphatic carbocycles. The van der Waals surface area contributed by atoms with E-state index in [4.69, 9.17) is 9.47 Å². The third-order valence-electron chi connectivity index (χ3n) is 2.37. The summed E-state index contributed by atoms with van der Waals surface area (Å²) in [5.74, 6) is -1.94. The second-order valence-electron chi connectivity index (χ2n) is 3.93. The summed E-state index contributed by atoms with van der Waals surface area (Å²) in [5, 5.41) is 0. The Kier molecular flexibility index (Phi) is 7.00. The lowest BCUT2D eigenvalue weighted by Crippen LogP contribution is -2.26. The number of hydrogen-bond donors (Lipinski definition) is 1. The van der Waals surface area contributed by atoms with E-state index in [2.05, 4.69) is 4.72 Å². The molecule has 0 saturated carbocycles. The second-order valence-corrected chi connectivity index (χ2v) is 5.67. The van der Waals surface area contributed by atoms with E-state index in [1.165, 1.54) is 0 Å². The van der Waals surface area contributed by atoms with Crippen molar-refractivity contribution in [2.24, 2.45) is 0 Å². The highest BCUT2D eigenvalue weighted by molar-refractivity contribution is 7.89. The van der Waals surface area contributed by atoms with E-state index >= 15 is 0 Å². The van der Waals surface area contributed by atoms with E-state index in [1.54, 1.807) is 7.11 Å². The predicted molar refractivity (Wildman–Crippen MR) is 68.9 cm³/mol. The summed E-state index contributed by atoms with van der Waals surface area (Å²) in [6.45, 7) is 1.35. The van der Waals surface area contributed by atoms with Crippen LogP contribution in [0.2, 0.25) is 0 Å². The monoisotopic (exact) mass is 309 g/mol. The highest BCUT2D eigenvalue weighted by atomic mass is 32.2. The largest absolute Gasteiger partial charge is 0.382 e. The fourth-order valence-corrected chi connectivity index (χ4v) is 2.53. The lowest BCUT2D eigenvalue weighted by atomic mass is 10.3. The Bertz CT molecular complexity index is 522. The Morgan fingerprint density at radius 3 is 2.60 bits per heavy atom. The summed E-state index contributed by atoms with van der Waals surface area (Å²) < 4.78 is 61.8. The molecule has 0 amide bonds. The zero-order valence-corrected chi connectivity index (χ0v) is 11.9. The Morgan fingerprint density at radius 1 is 1.20 bits per heavy atom. The maximum absolute atomic E-state index is 13.4. The minimum absolute atomic E-state index is 0.103. The first-order valence-corrected chi connectivity index (χ1v) is 7.47. The predicted octanol–water partition coefficient (Wildman–Crippen LogP) is 1.30. The van der Waals surface area contributed by atoms with E-state index in [0.717, 1.165) is 12.1 Å². The molecular formula is C12H17F2NO4S.